The second kappa shape index (κ2) is 5.21. The fourth-order valence-corrected chi connectivity index (χ4v) is 0.792. The van der Waals surface area contributed by atoms with Crippen molar-refractivity contribution in [3.63, 3.8) is 0 Å². The zero-order valence-electron chi connectivity index (χ0n) is 6.48. The van der Waals surface area contributed by atoms with Gasteiger partial charge in [0.2, 0.25) is 5.91 Å². The van der Waals surface area contributed by atoms with Crippen molar-refractivity contribution in [1.82, 2.24) is 5.32 Å². The first kappa shape index (κ1) is 9.40. The highest BCUT2D eigenvalue weighted by Crippen LogP contribution is 2.08. The Morgan fingerprint density at radius 3 is 2.50 bits per heavy atom. The molecule has 0 aromatic rings. The van der Waals surface area contributed by atoms with E-state index in [1.54, 1.807) is 0 Å². The minimum absolute atomic E-state index is 0.132. The molecule has 10 heavy (non-hydrogen) atoms. The molecule has 0 aromatic heterocycles. The van der Waals surface area contributed by atoms with Crippen molar-refractivity contribution < 1.29 is 9.18 Å². The Kier molecular flexibility index (Phi) is 4.89. The van der Waals surface area contributed by atoms with Gasteiger partial charge in [0.05, 0.1) is 5.92 Å². The Morgan fingerprint density at radius 1 is 1.70 bits per heavy atom. The van der Waals surface area contributed by atoms with Crippen molar-refractivity contribution in [1.29, 1.82) is 0 Å². The Morgan fingerprint density at radius 2 is 2.30 bits per heavy atom. The molecule has 0 spiro atoms. The van der Waals surface area contributed by atoms with Gasteiger partial charge in [-0.2, -0.15) is 0 Å². The SMILES string of the molecule is CC.O=C1NCCC1CF. The third kappa shape index (κ3) is 2.33. The predicted octanol–water partition coefficient (Wildman–Crippen LogP) is 1.12. The fraction of sp³-hybridized carbons (Fsp3) is 0.857. The summed E-state index contributed by atoms with van der Waals surface area (Å²) in [6.07, 6.45) is 0.662. The van der Waals surface area contributed by atoms with Gasteiger partial charge in [-0.3, -0.25) is 9.18 Å². The Bertz CT molecular complexity index is 106. The minimum Gasteiger partial charge on any atom is -0.356 e. The lowest BCUT2D eigenvalue weighted by Gasteiger charge is -1.94. The number of hydrogen-bond donors (Lipinski definition) is 1. The quantitative estimate of drug-likeness (QED) is 0.591. The van der Waals surface area contributed by atoms with Crippen LogP contribution in [0.4, 0.5) is 4.39 Å². The van der Waals surface area contributed by atoms with Gasteiger partial charge in [0.15, 0.2) is 0 Å². The Hall–Kier alpha value is -0.600. The Labute approximate surface area is 60.8 Å². The average molecular weight is 147 g/mol. The van der Waals surface area contributed by atoms with Crippen LogP contribution in [0.5, 0.6) is 0 Å². The standard InChI is InChI=1S/C5H8FNO.C2H6/c6-3-4-1-2-7-5(4)8;1-2/h4H,1-3H2,(H,7,8);1-2H3. The normalized spacial score (nSPS) is 23.1. The van der Waals surface area contributed by atoms with E-state index in [4.69, 9.17) is 0 Å². The van der Waals surface area contributed by atoms with E-state index in [0.29, 0.717) is 13.0 Å². The molecule has 0 aromatic carbocycles. The van der Waals surface area contributed by atoms with E-state index in [0.717, 1.165) is 0 Å². The molecule has 0 radical (unpaired) electrons. The molecule has 1 unspecified atom stereocenters. The van der Waals surface area contributed by atoms with Crippen LogP contribution >= 0.6 is 0 Å². The molecule has 1 fully saturated rings. The number of amides is 1. The van der Waals surface area contributed by atoms with Crippen molar-refractivity contribution in [2.24, 2.45) is 5.92 Å². The second-order valence-corrected chi connectivity index (χ2v) is 1.93. The van der Waals surface area contributed by atoms with Gasteiger partial charge >= 0.3 is 0 Å². The van der Waals surface area contributed by atoms with E-state index < -0.39 is 6.67 Å². The van der Waals surface area contributed by atoms with E-state index >= 15 is 0 Å². The second-order valence-electron chi connectivity index (χ2n) is 1.93. The van der Waals surface area contributed by atoms with Crippen LogP contribution in [0.1, 0.15) is 20.3 Å². The van der Waals surface area contributed by atoms with E-state index in [-0.39, 0.29) is 11.8 Å². The molecule has 1 aliphatic rings. The zero-order valence-corrected chi connectivity index (χ0v) is 6.48. The first-order chi connectivity index (χ1) is 4.84. The van der Waals surface area contributed by atoms with Crippen LogP contribution < -0.4 is 5.32 Å². The molecule has 60 valence electrons. The fourth-order valence-electron chi connectivity index (χ4n) is 0.792. The van der Waals surface area contributed by atoms with Gasteiger partial charge in [0.25, 0.3) is 0 Å². The summed E-state index contributed by atoms with van der Waals surface area (Å²) >= 11 is 0. The molecule has 3 heteroatoms. The van der Waals surface area contributed by atoms with Crippen LogP contribution in [0.25, 0.3) is 0 Å². The lowest BCUT2D eigenvalue weighted by atomic mass is 10.1. The monoisotopic (exact) mass is 147 g/mol. The molecule has 1 heterocycles. The van der Waals surface area contributed by atoms with Gasteiger partial charge in [-0.15, -0.1) is 0 Å². The number of rotatable bonds is 1. The van der Waals surface area contributed by atoms with Gasteiger partial charge in [-0.1, -0.05) is 13.8 Å². The smallest absolute Gasteiger partial charge is 0.225 e. The van der Waals surface area contributed by atoms with E-state index in [9.17, 15) is 9.18 Å². The maximum atomic E-state index is 11.7. The zero-order chi connectivity index (χ0) is 7.98. The number of hydrogen-bond acceptors (Lipinski definition) is 1. The molecule has 2 nitrogen and oxygen atoms in total. The molecule has 1 atom stereocenters. The van der Waals surface area contributed by atoms with Gasteiger partial charge in [0.1, 0.15) is 6.67 Å². The summed E-state index contributed by atoms with van der Waals surface area (Å²) in [6, 6.07) is 0. The van der Waals surface area contributed by atoms with Crippen molar-refractivity contribution in [2.75, 3.05) is 13.2 Å². The summed E-state index contributed by atoms with van der Waals surface area (Å²) in [5, 5.41) is 2.54. The number of carbonyl (C=O) groups is 1. The lowest BCUT2D eigenvalue weighted by Crippen LogP contribution is -2.19. The van der Waals surface area contributed by atoms with Crippen LogP contribution in [-0.4, -0.2) is 19.1 Å². The van der Waals surface area contributed by atoms with Crippen molar-refractivity contribution >= 4 is 5.91 Å². The maximum absolute atomic E-state index is 11.7. The maximum Gasteiger partial charge on any atom is 0.225 e. The molecule has 1 amide bonds. The molecular weight excluding hydrogens is 133 g/mol. The van der Waals surface area contributed by atoms with Gasteiger partial charge in [0, 0.05) is 6.54 Å². The highest BCUT2D eigenvalue weighted by molar-refractivity contribution is 5.80. The largest absolute Gasteiger partial charge is 0.356 e. The summed E-state index contributed by atoms with van der Waals surface area (Å²) in [5.74, 6) is -0.484. The van der Waals surface area contributed by atoms with Gasteiger partial charge in [-0.25, -0.2) is 0 Å². The molecule has 1 saturated heterocycles. The van der Waals surface area contributed by atoms with Crippen molar-refractivity contribution in [3.8, 4) is 0 Å². The number of nitrogens with one attached hydrogen (secondary N) is 1. The molecule has 1 rings (SSSR count). The molecule has 1 aliphatic heterocycles. The molecule has 0 saturated carbocycles. The number of halogens is 1. The average Bonchev–Trinajstić information content (AvgIpc) is 2.39. The molecular formula is C7H14FNO. The molecule has 0 bridgehead atoms. The highest BCUT2D eigenvalue weighted by atomic mass is 19.1. The van der Waals surface area contributed by atoms with Crippen LogP contribution in [0.3, 0.4) is 0 Å². The summed E-state index contributed by atoms with van der Waals surface area (Å²) < 4.78 is 11.7. The minimum atomic E-state index is -0.508. The van der Waals surface area contributed by atoms with Crippen molar-refractivity contribution in [2.45, 2.75) is 20.3 Å². The Balaban J connectivity index is 0.000000371. The number of carbonyl (C=O) groups excluding carboxylic acids is 1. The molecule has 1 N–H and O–H groups in total. The van der Waals surface area contributed by atoms with Gasteiger partial charge < -0.3 is 5.32 Å². The first-order valence-corrected chi connectivity index (χ1v) is 3.68. The molecule has 0 aliphatic carbocycles. The third-order valence-corrected chi connectivity index (χ3v) is 1.35. The van der Waals surface area contributed by atoms with E-state index in [1.807, 2.05) is 13.8 Å². The topological polar surface area (TPSA) is 29.1 Å². The van der Waals surface area contributed by atoms with Crippen LogP contribution in [-0.2, 0) is 4.79 Å². The highest BCUT2D eigenvalue weighted by Gasteiger charge is 2.22. The predicted molar refractivity (Wildman–Crippen MR) is 38.4 cm³/mol. The van der Waals surface area contributed by atoms with E-state index in [1.165, 1.54) is 0 Å². The van der Waals surface area contributed by atoms with Gasteiger partial charge in [-0.05, 0) is 6.42 Å². The van der Waals surface area contributed by atoms with Crippen LogP contribution in [0, 0.1) is 5.92 Å². The lowest BCUT2D eigenvalue weighted by molar-refractivity contribution is -0.122. The summed E-state index contributed by atoms with van der Waals surface area (Å²) in [5.41, 5.74) is 0. The first-order valence-electron chi connectivity index (χ1n) is 3.68. The summed E-state index contributed by atoms with van der Waals surface area (Å²) in [6.45, 7) is 4.14. The van der Waals surface area contributed by atoms with Crippen molar-refractivity contribution in [3.05, 3.63) is 0 Å². The summed E-state index contributed by atoms with van der Waals surface area (Å²) in [7, 11) is 0. The third-order valence-electron chi connectivity index (χ3n) is 1.35. The number of alkyl halides is 1. The van der Waals surface area contributed by atoms with E-state index in [2.05, 4.69) is 5.32 Å². The summed E-state index contributed by atoms with van der Waals surface area (Å²) in [4.78, 5) is 10.5. The van der Waals surface area contributed by atoms with Crippen LogP contribution in [0.2, 0.25) is 0 Å². The van der Waals surface area contributed by atoms with Crippen LogP contribution in [0.15, 0.2) is 0 Å².